The Hall–Kier alpha value is -1.78. The van der Waals surface area contributed by atoms with Crippen LogP contribution in [0.5, 0.6) is 0 Å². The van der Waals surface area contributed by atoms with Crippen molar-refractivity contribution >= 4 is 5.57 Å². The number of hydrogen-bond donors (Lipinski definition) is 1. The van der Waals surface area contributed by atoms with E-state index in [1.165, 1.54) is 0 Å². The van der Waals surface area contributed by atoms with Gasteiger partial charge >= 0.3 is 0 Å². The lowest BCUT2D eigenvalue weighted by Gasteiger charge is -2.07. The van der Waals surface area contributed by atoms with E-state index in [2.05, 4.69) is 18.4 Å². The van der Waals surface area contributed by atoms with Crippen LogP contribution in [0.2, 0.25) is 0 Å². The number of benzene rings is 1. The predicted molar refractivity (Wildman–Crippen MR) is 73.3 cm³/mol. The molecule has 0 aliphatic carbocycles. The van der Waals surface area contributed by atoms with Crippen LogP contribution in [0.3, 0.4) is 0 Å². The van der Waals surface area contributed by atoms with Gasteiger partial charge in [-0.05, 0) is 25.8 Å². The van der Waals surface area contributed by atoms with Gasteiger partial charge in [-0.15, -0.1) is 6.58 Å². The molecule has 1 N–H and O–H groups in total. The quantitative estimate of drug-likeness (QED) is 0.618. The zero-order chi connectivity index (χ0) is 12.7. The maximum absolute atomic E-state index is 9.62. The molecule has 0 spiro atoms. The van der Waals surface area contributed by atoms with Crippen LogP contribution in [0, 0.1) is 11.8 Å². The molecule has 0 bridgehead atoms. The first-order chi connectivity index (χ1) is 8.03. The van der Waals surface area contributed by atoms with Crippen molar-refractivity contribution in [2.45, 2.75) is 25.9 Å². The molecular formula is C16H18O. The Morgan fingerprint density at radius 1 is 1.35 bits per heavy atom. The van der Waals surface area contributed by atoms with Gasteiger partial charge in [-0.3, -0.25) is 0 Å². The van der Waals surface area contributed by atoms with Crippen molar-refractivity contribution in [1.82, 2.24) is 0 Å². The molecular weight excluding hydrogens is 208 g/mol. The summed E-state index contributed by atoms with van der Waals surface area (Å²) in [6, 6.07) is 9.94. The van der Waals surface area contributed by atoms with Crippen molar-refractivity contribution in [3.8, 4) is 11.8 Å². The highest BCUT2D eigenvalue weighted by atomic mass is 16.3. The predicted octanol–water partition coefficient (Wildman–Crippen LogP) is 3.42. The number of hydrogen-bond acceptors (Lipinski definition) is 1. The van der Waals surface area contributed by atoms with Gasteiger partial charge in [0.15, 0.2) is 0 Å². The first kappa shape index (κ1) is 13.3. The van der Waals surface area contributed by atoms with Gasteiger partial charge in [0.1, 0.15) is 5.60 Å². The fourth-order valence-electron chi connectivity index (χ4n) is 1.28. The lowest BCUT2D eigenvalue weighted by atomic mass is 10.0. The molecule has 0 aliphatic rings. The van der Waals surface area contributed by atoms with E-state index >= 15 is 0 Å². The van der Waals surface area contributed by atoms with E-state index in [0.29, 0.717) is 0 Å². The highest BCUT2D eigenvalue weighted by Crippen LogP contribution is 2.14. The second-order valence-corrected chi connectivity index (χ2v) is 4.32. The van der Waals surface area contributed by atoms with Gasteiger partial charge in [-0.1, -0.05) is 54.3 Å². The molecule has 0 heterocycles. The molecule has 1 nitrogen and oxygen atoms in total. The molecule has 1 heteroatoms. The maximum Gasteiger partial charge on any atom is 0.120 e. The zero-order valence-electron chi connectivity index (χ0n) is 10.4. The van der Waals surface area contributed by atoms with E-state index < -0.39 is 5.60 Å². The molecule has 1 aromatic rings. The summed E-state index contributed by atoms with van der Waals surface area (Å²) < 4.78 is 0. The first-order valence-corrected chi connectivity index (χ1v) is 5.65. The van der Waals surface area contributed by atoms with Gasteiger partial charge in [0.25, 0.3) is 0 Å². The summed E-state index contributed by atoms with van der Waals surface area (Å²) in [4.78, 5) is 0. The number of aliphatic hydroxyl groups is 1. The number of allylic oxidation sites excluding steroid dienone is 3. The Morgan fingerprint density at radius 3 is 2.53 bits per heavy atom. The molecule has 0 saturated carbocycles. The van der Waals surface area contributed by atoms with Crippen LogP contribution in [-0.4, -0.2) is 10.7 Å². The molecule has 0 amide bonds. The maximum atomic E-state index is 9.62. The topological polar surface area (TPSA) is 20.2 Å². The van der Waals surface area contributed by atoms with E-state index in [1.54, 1.807) is 13.8 Å². The minimum atomic E-state index is -0.970. The Morgan fingerprint density at radius 2 is 2.00 bits per heavy atom. The molecule has 0 aliphatic heterocycles. The van der Waals surface area contributed by atoms with Gasteiger partial charge in [-0.2, -0.15) is 0 Å². The second kappa shape index (κ2) is 6.08. The van der Waals surface area contributed by atoms with Crippen LogP contribution in [-0.2, 0) is 0 Å². The molecule has 0 fully saturated rings. The molecule has 0 unspecified atom stereocenters. The standard InChI is InChI=1S/C16H18O/c1-4-5-9-15(12-13-16(2,3)17)14-10-7-6-8-11-14/h4,6-11,17H,1,5H2,2-3H3/b15-9+. The van der Waals surface area contributed by atoms with Crippen LogP contribution >= 0.6 is 0 Å². The zero-order valence-corrected chi connectivity index (χ0v) is 10.4. The van der Waals surface area contributed by atoms with E-state index in [0.717, 1.165) is 17.6 Å². The molecule has 1 aromatic carbocycles. The third kappa shape index (κ3) is 5.19. The lowest BCUT2D eigenvalue weighted by Crippen LogP contribution is -2.14. The minimum absolute atomic E-state index is 0.769. The first-order valence-electron chi connectivity index (χ1n) is 5.65. The highest BCUT2D eigenvalue weighted by Gasteiger charge is 2.06. The summed E-state index contributed by atoms with van der Waals surface area (Å²) in [5, 5.41) is 9.62. The van der Waals surface area contributed by atoms with Crippen LogP contribution in [0.4, 0.5) is 0 Å². The fourth-order valence-corrected chi connectivity index (χ4v) is 1.28. The van der Waals surface area contributed by atoms with Crippen molar-refractivity contribution in [3.05, 3.63) is 54.6 Å². The Bertz CT molecular complexity index is 450. The third-order valence-electron chi connectivity index (χ3n) is 2.08. The third-order valence-corrected chi connectivity index (χ3v) is 2.08. The largest absolute Gasteiger partial charge is 0.378 e. The SMILES string of the molecule is C=CC/C=C(\C#CC(C)(C)O)c1ccccc1. The van der Waals surface area contributed by atoms with Crippen LogP contribution in [0.15, 0.2) is 49.1 Å². The van der Waals surface area contributed by atoms with Gasteiger partial charge in [0, 0.05) is 5.57 Å². The number of rotatable bonds is 3. The molecule has 1 rings (SSSR count). The normalized spacial score (nSPS) is 11.6. The van der Waals surface area contributed by atoms with E-state index in [4.69, 9.17) is 0 Å². The highest BCUT2D eigenvalue weighted by molar-refractivity contribution is 5.79. The smallest absolute Gasteiger partial charge is 0.120 e. The van der Waals surface area contributed by atoms with Crippen molar-refractivity contribution < 1.29 is 5.11 Å². The van der Waals surface area contributed by atoms with Gasteiger partial charge < -0.3 is 5.11 Å². The van der Waals surface area contributed by atoms with Gasteiger partial charge in [-0.25, -0.2) is 0 Å². The Labute approximate surface area is 103 Å². The summed E-state index contributed by atoms with van der Waals surface area (Å²) in [6.07, 6.45) is 4.61. The average molecular weight is 226 g/mol. The molecule has 17 heavy (non-hydrogen) atoms. The fraction of sp³-hybridized carbons (Fsp3) is 0.250. The van der Waals surface area contributed by atoms with Crippen molar-refractivity contribution in [2.75, 3.05) is 0 Å². The molecule has 0 atom stereocenters. The van der Waals surface area contributed by atoms with Crippen molar-refractivity contribution in [2.24, 2.45) is 0 Å². The summed E-state index contributed by atoms with van der Waals surface area (Å²) in [6.45, 7) is 7.05. The summed E-state index contributed by atoms with van der Waals surface area (Å²) in [5.41, 5.74) is 1.01. The van der Waals surface area contributed by atoms with E-state index in [1.807, 2.05) is 42.5 Å². The van der Waals surface area contributed by atoms with Gasteiger partial charge in [0.2, 0.25) is 0 Å². The monoisotopic (exact) mass is 226 g/mol. The second-order valence-electron chi connectivity index (χ2n) is 4.32. The van der Waals surface area contributed by atoms with Crippen molar-refractivity contribution in [3.63, 3.8) is 0 Å². The molecule has 0 aromatic heterocycles. The van der Waals surface area contributed by atoms with Crippen LogP contribution in [0.25, 0.3) is 5.57 Å². The van der Waals surface area contributed by atoms with Gasteiger partial charge in [0.05, 0.1) is 0 Å². The summed E-state index contributed by atoms with van der Waals surface area (Å²) in [7, 11) is 0. The van der Waals surface area contributed by atoms with Crippen molar-refractivity contribution in [1.29, 1.82) is 0 Å². The van der Waals surface area contributed by atoms with E-state index in [-0.39, 0.29) is 0 Å². The average Bonchev–Trinajstić information content (AvgIpc) is 2.29. The van der Waals surface area contributed by atoms with Crippen LogP contribution in [0.1, 0.15) is 25.8 Å². The lowest BCUT2D eigenvalue weighted by molar-refractivity contribution is 0.143. The summed E-state index contributed by atoms with van der Waals surface area (Å²) in [5.74, 6) is 5.86. The molecule has 88 valence electrons. The van der Waals surface area contributed by atoms with Crippen LogP contribution < -0.4 is 0 Å². The summed E-state index contributed by atoms with van der Waals surface area (Å²) >= 11 is 0. The van der Waals surface area contributed by atoms with E-state index in [9.17, 15) is 5.11 Å². The minimum Gasteiger partial charge on any atom is -0.378 e. The Kier molecular flexibility index (Phi) is 4.75. The molecule has 0 radical (unpaired) electrons. The molecule has 0 saturated heterocycles. The Balaban J connectivity index is 3.05.